The molecule has 1 amide bonds. The van der Waals surface area contributed by atoms with Gasteiger partial charge in [0.1, 0.15) is 0 Å². The molecule has 0 saturated carbocycles. The molecule has 0 fully saturated rings. The first-order valence-corrected chi connectivity index (χ1v) is 32.4. The van der Waals surface area contributed by atoms with Gasteiger partial charge in [-0.25, -0.2) is 0 Å². The lowest BCUT2D eigenvalue weighted by Crippen LogP contribution is -2.45. The van der Waals surface area contributed by atoms with Gasteiger partial charge in [0.15, 0.2) is 0 Å². The number of nitrogens with one attached hydrogen (secondary N) is 1. The second-order valence-corrected chi connectivity index (χ2v) is 22.1. The lowest BCUT2D eigenvalue weighted by atomic mass is 10.0. The van der Waals surface area contributed by atoms with Crippen LogP contribution in [-0.2, 0) is 14.3 Å². The largest absolute Gasteiger partial charge is 0.466 e. The molecule has 73 heavy (non-hydrogen) atoms. The highest BCUT2D eigenvalue weighted by atomic mass is 16.5. The van der Waals surface area contributed by atoms with Crippen LogP contribution in [0, 0.1) is 0 Å². The summed E-state index contributed by atoms with van der Waals surface area (Å²) in [6, 6.07) is -0.635. The number of carbonyl (C=O) groups is 2. The molecule has 0 aliphatic heterocycles. The zero-order valence-corrected chi connectivity index (χ0v) is 48.9. The zero-order chi connectivity index (χ0) is 52.9. The van der Waals surface area contributed by atoms with E-state index in [-0.39, 0.29) is 18.5 Å². The molecule has 2 atom stereocenters. The van der Waals surface area contributed by atoms with E-state index in [0.29, 0.717) is 19.4 Å². The van der Waals surface area contributed by atoms with Crippen molar-refractivity contribution < 1.29 is 24.5 Å². The number of hydrogen-bond donors (Lipinski definition) is 3. The fourth-order valence-corrected chi connectivity index (χ4v) is 9.84. The van der Waals surface area contributed by atoms with Crippen LogP contribution in [0.15, 0.2) is 48.6 Å². The molecule has 0 radical (unpaired) electrons. The van der Waals surface area contributed by atoms with Crippen molar-refractivity contribution in [2.24, 2.45) is 0 Å². The number of unbranched alkanes of at least 4 members (excludes halogenated alkanes) is 43. The standard InChI is InChI=1S/C67H125NO5/c1-3-5-7-9-11-13-15-17-19-21-28-31-35-39-43-47-51-55-59-65(70)64(63-69)68-66(71)60-56-52-48-44-40-36-32-29-25-23-22-24-26-30-34-38-42-46-50-54-58-62-73-67(72)61-57-53-49-45-41-37-33-27-20-18-16-14-12-10-8-6-4-2/h12,14,18,20,23,25,55,59,64-65,69-70H,3-11,13,15-17,19,21-22,24,26-54,56-58,60-63H2,1-2H3,(H,68,71)/b14-12-,20-18-,25-23-,59-55+. The van der Waals surface area contributed by atoms with Crippen molar-refractivity contribution in [3.8, 4) is 0 Å². The van der Waals surface area contributed by atoms with Gasteiger partial charge in [0.05, 0.1) is 25.4 Å². The van der Waals surface area contributed by atoms with E-state index in [2.05, 4.69) is 55.6 Å². The summed E-state index contributed by atoms with van der Waals surface area (Å²) in [5, 5.41) is 23.2. The first-order chi connectivity index (χ1) is 36.0. The Balaban J connectivity index is 3.45. The summed E-state index contributed by atoms with van der Waals surface area (Å²) < 4.78 is 5.49. The van der Waals surface area contributed by atoms with Gasteiger partial charge in [0, 0.05) is 12.8 Å². The van der Waals surface area contributed by atoms with E-state index in [4.69, 9.17) is 4.74 Å². The summed E-state index contributed by atoms with van der Waals surface area (Å²) in [6.07, 6.45) is 80.1. The minimum atomic E-state index is -0.851. The molecule has 428 valence electrons. The van der Waals surface area contributed by atoms with Crippen molar-refractivity contribution in [2.45, 2.75) is 353 Å². The van der Waals surface area contributed by atoms with E-state index >= 15 is 0 Å². The lowest BCUT2D eigenvalue weighted by molar-refractivity contribution is -0.143. The number of ether oxygens (including phenoxy) is 1. The van der Waals surface area contributed by atoms with Gasteiger partial charge in [-0.3, -0.25) is 9.59 Å². The number of allylic oxidation sites excluding steroid dienone is 7. The van der Waals surface area contributed by atoms with E-state index in [1.54, 1.807) is 6.08 Å². The second-order valence-electron chi connectivity index (χ2n) is 22.1. The van der Waals surface area contributed by atoms with Crippen LogP contribution in [-0.4, -0.2) is 47.4 Å². The maximum Gasteiger partial charge on any atom is 0.305 e. The van der Waals surface area contributed by atoms with Crippen LogP contribution in [0.25, 0.3) is 0 Å². The van der Waals surface area contributed by atoms with E-state index in [1.807, 2.05) is 6.08 Å². The summed E-state index contributed by atoms with van der Waals surface area (Å²) in [5.74, 6) is -0.0745. The first-order valence-electron chi connectivity index (χ1n) is 32.4. The smallest absolute Gasteiger partial charge is 0.305 e. The van der Waals surface area contributed by atoms with E-state index in [9.17, 15) is 19.8 Å². The highest BCUT2D eigenvalue weighted by Gasteiger charge is 2.18. The van der Waals surface area contributed by atoms with Crippen LogP contribution in [0.5, 0.6) is 0 Å². The number of hydrogen-bond acceptors (Lipinski definition) is 5. The number of carbonyl (C=O) groups excluding carboxylic acids is 2. The van der Waals surface area contributed by atoms with Crippen LogP contribution in [0.4, 0.5) is 0 Å². The number of aliphatic hydroxyl groups is 2. The lowest BCUT2D eigenvalue weighted by Gasteiger charge is -2.20. The molecule has 0 bridgehead atoms. The summed E-state index contributed by atoms with van der Waals surface area (Å²) in [7, 11) is 0. The maximum absolute atomic E-state index is 12.5. The Kier molecular flexibility index (Phi) is 60.5. The highest BCUT2D eigenvalue weighted by molar-refractivity contribution is 5.76. The molecule has 0 rings (SSSR count). The molecule has 0 aromatic carbocycles. The Morgan fingerprint density at radius 3 is 1.08 bits per heavy atom. The van der Waals surface area contributed by atoms with Crippen LogP contribution in [0.3, 0.4) is 0 Å². The molecule has 6 nitrogen and oxygen atoms in total. The van der Waals surface area contributed by atoms with E-state index in [0.717, 1.165) is 57.8 Å². The van der Waals surface area contributed by atoms with Crippen molar-refractivity contribution in [3.05, 3.63) is 48.6 Å². The molecule has 0 heterocycles. The van der Waals surface area contributed by atoms with E-state index in [1.165, 1.54) is 257 Å². The third kappa shape index (κ3) is 58.9. The number of aliphatic hydroxyl groups excluding tert-OH is 2. The van der Waals surface area contributed by atoms with Crippen LogP contribution < -0.4 is 5.32 Å². The van der Waals surface area contributed by atoms with Gasteiger partial charge >= 0.3 is 5.97 Å². The Morgan fingerprint density at radius 2 is 0.685 bits per heavy atom. The van der Waals surface area contributed by atoms with Crippen molar-refractivity contribution in [1.82, 2.24) is 5.32 Å². The normalized spacial score (nSPS) is 12.9. The summed E-state index contributed by atoms with van der Waals surface area (Å²) in [6.45, 7) is 4.88. The predicted molar refractivity (Wildman–Crippen MR) is 319 cm³/mol. The monoisotopic (exact) mass is 1020 g/mol. The van der Waals surface area contributed by atoms with Crippen molar-refractivity contribution in [2.75, 3.05) is 13.2 Å². The third-order valence-corrected chi connectivity index (χ3v) is 14.8. The first kappa shape index (κ1) is 70.8. The number of esters is 1. The summed E-state index contributed by atoms with van der Waals surface area (Å²) in [4.78, 5) is 24.6. The van der Waals surface area contributed by atoms with E-state index < -0.39 is 12.1 Å². The Hall–Kier alpha value is -2.18. The molecular weight excluding hydrogens is 899 g/mol. The molecule has 2 unspecified atom stereocenters. The molecule has 3 N–H and O–H groups in total. The molecule has 0 aliphatic rings. The maximum atomic E-state index is 12.5. The van der Waals surface area contributed by atoms with Gasteiger partial charge in [-0.2, -0.15) is 0 Å². The topological polar surface area (TPSA) is 95.9 Å². The number of rotatable bonds is 60. The number of amides is 1. The molecule has 0 spiro atoms. The minimum Gasteiger partial charge on any atom is -0.466 e. The fraction of sp³-hybridized carbons (Fsp3) is 0.851. The van der Waals surface area contributed by atoms with Gasteiger partial charge in [0.2, 0.25) is 5.91 Å². The molecular formula is C67H125NO5. The third-order valence-electron chi connectivity index (χ3n) is 14.8. The van der Waals surface area contributed by atoms with Crippen molar-refractivity contribution in [3.63, 3.8) is 0 Å². The molecule has 0 aromatic heterocycles. The van der Waals surface area contributed by atoms with Gasteiger partial charge in [-0.1, -0.05) is 287 Å². The SMILES string of the molecule is CCCCC/C=C\C/C=C\CCCCCCCCCC(=O)OCCCCCCCCCCCC/C=C\CCCCCCCCCC(=O)NC(CO)C(O)/C=C/CCCCCCCCCCCCCCCCCC. The van der Waals surface area contributed by atoms with Crippen LogP contribution in [0.1, 0.15) is 341 Å². The predicted octanol–water partition coefficient (Wildman–Crippen LogP) is 20.5. The minimum absolute atomic E-state index is 0.000226. The molecule has 0 aromatic rings. The summed E-state index contributed by atoms with van der Waals surface area (Å²) >= 11 is 0. The second kappa shape index (κ2) is 62.4. The average molecular weight is 1020 g/mol. The Morgan fingerprint density at radius 1 is 0.384 bits per heavy atom. The highest BCUT2D eigenvalue weighted by Crippen LogP contribution is 2.17. The Labute approximate surface area is 455 Å². The van der Waals surface area contributed by atoms with Gasteiger partial charge < -0.3 is 20.3 Å². The fourth-order valence-electron chi connectivity index (χ4n) is 9.84. The van der Waals surface area contributed by atoms with Crippen molar-refractivity contribution >= 4 is 11.9 Å². The van der Waals surface area contributed by atoms with Gasteiger partial charge in [-0.05, 0) is 89.9 Å². The molecule has 0 saturated heterocycles. The summed E-state index contributed by atoms with van der Waals surface area (Å²) in [5.41, 5.74) is 0. The zero-order valence-electron chi connectivity index (χ0n) is 48.9. The molecule has 0 aliphatic carbocycles. The average Bonchev–Trinajstić information content (AvgIpc) is 3.39. The Bertz CT molecular complexity index is 1230. The molecule has 6 heteroatoms. The van der Waals surface area contributed by atoms with Crippen LogP contribution in [0.2, 0.25) is 0 Å². The van der Waals surface area contributed by atoms with Crippen LogP contribution >= 0.6 is 0 Å². The quantitative estimate of drug-likeness (QED) is 0.0320. The van der Waals surface area contributed by atoms with Gasteiger partial charge in [-0.15, -0.1) is 0 Å². The van der Waals surface area contributed by atoms with Crippen molar-refractivity contribution in [1.29, 1.82) is 0 Å². The van der Waals surface area contributed by atoms with Gasteiger partial charge in [0.25, 0.3) is 0 Å².